The third-order valence-corrected chi connectivity index (χ3v) is 7.02. The van der Waals surface area contributed by atoms with E-state index >= 15 is 0 Å². The average Bonchev–Trinajstić information content (AvgIpc) is 3.71. The van der Waals surface area contributed by atoms with Crippen molar-refractivity contribution in [2.75, 3.05) is 31.3 Å². The summed E-state index contributed by atoms with van der Waals surface area (Å²) in [5.74, 6) is 0.632. The largest absolute Gasteiger partial charge is 0.455 e. The van der Waals surface area contributed by atoms with Gasteiger partial charge < -0.3 is 24.1 Å². The summed E-state index contributed by atoms with van der Waals surface area (Å²) in [4.78, 5) is 20.1. The lowest BCUT2D eigenvalue weighted by Gasteiger charge is -2.37. The molecule has 0 aliphatic carbocycles. The smallest absolute Gasteiger partial charge is 0.269 e. The summed E-state index contributed by atoms with van der Waals surface area (Å²) in [6.45, 7) is 3.14. The molecule has 9 heteroatoms. The second kappa shape index (κ2) is 9.34. The highest BCUT2D eigenvalue weighted by molar-refractivity contribution is 5.99. The van der Waals surface area contributed by atoms with Crippen molar-refractivity contribution in [2.45, 2.75) is 18.8 Å². The van der Waals surface area contributed by atoms with Crippen molar-refractivity contribution in [3.05, 3.63) is 84.8 Å². The van der Waals surface area contributed by atoms with Crippen LogP contribution < -0.4 is 10.2 Å². The van der Waals surface area contributed by atoms with E-state index in [0.29, 0.717) is 19.1 Å². The highest BCUT2D eigenvalue weighted by atomic mass is 16.7. The van der Waals surface area contributed by atoms with Gasteiger partial charge in [0.2, 0.25) is 0 Å². The van der Waals surface area contributed by atoms with E-state index in [1.807, 2.05) is 42.7 Å². The molecule has 2 N–H and O–H groups in total. The first kappa shape index (κ1) is 22.0. The van der Waals surface area contributed by atoms with Crippen molar-refractivity contribution in [1.29, 1.82) is 0 Å². The maximum absolute atomic E-state index is 6.19. The Morgan fingerprint density at radius 2 is 1.70 bits per heavy atom. The molecule has 186 valence electrons. The van der Waals surface area contributed by atoms with Crippen LogP contribution in [0.3, 0.4) is 0 Å². The minimum absolute atomic E-state index is 0.109. The molecular weight excluding hydrogens is 468 g/mol. The summed E-state index contributed by atoms with van der Waals surface area (Å²) in [6.07, 6.45) is 10.7. The van der Waals surface area contributed by atoms with Gasteiger partial charge in [0.05, 0.1) is 36.3 Å². The van der Waals surface area contributed by atoms with Crippen molar-refractivity contribution in [3.8, 4) is 33.9 Å². The fraction of sp³-hybridized carbons (Fsp3) is 0.250. The number of nitrogens with zero attached hydrogens (tertiary/aromatic N) is 4. The number of aromatic amines is 1. The third kappa shape index (κ3) is 3.75. The summed E-state index contributed by atoms with van der Waals surface area (Å²) in [7, 11) is 0. The molecule has 0 saturated carbocycles. The van der Waals surface area contributed by atoms with Crippen LogP contribution in [0, 0.1) is 0 Å². The van der Waals surface area contributed by atoms with Gasteiger partial charge in [-0.2, -0.15) is 0 Å². The molecule has 3 aromatic heterocycles. The van der Waals surface area contributed by atoms with Crippen LogP contribution in [-0.4, -0.2) is 46.3 Å². The lowest BCUT2D eigenvalue weighted by molar-refractivity contribution is -0.0526. The monoisotopic (exact) mass is 494 g/mol. The van der Waals surface area contributed by atoms with Crippen molar-refractivity contribution >= 4 is 5.69 Å². The molecule has 1 atom stereocenters. The Morgan fingerprint density at radius 3 is 2.35 bits per heavy atom. The molecule has 0 amide bonds. The Morgan fingerprint density at radius 1 is 0.865 bits per heavy atom. The van der Waals surface area contributed by atoms with E-state index in [1.165, 1.54) is 0 Å². The van der Waals surface area contributed by atoms with Gasteiger partial charge in [0.25, 0.3) is 6.29 Å². The molecule has 2 fully saturated rings. The van der Waals surface area contributed by atoms with Crippen LogP contribution >= 0.6 is 0 Å². The molecule has 3 aliphatic heterocycles. The lowest BCUT2D eigenvalue weighted by atomic mass is 9.81. The minimum atomic E-state index is -0.624. The molecule has 4 aromatic rings. The van der Waals surface area contributed by atoms with Gasteiger partial charge in [-0.1, -0.05) is 6.07 Å². The molecule has 6 heterocycles. The Bertz CT molecular complexity index is 1410. The molecule has 7 rings (SSSR count). The lowest BCUT2D eigenvalue weighted by Crippen LogP contribution is -2.29. The SMILES string of the molecule is C1=COC(c2c(-c3ccc[nH]3)c(-c3ccccn3)c(-c3ncccn3)c(C3CCO3)c2N2CCNC2)O1. The number of anilines is 1. The van der Waals surface area contributed by atoms with Gasteiger partial charge in [0, 0.05) is 72.2 Å². The second-order valence-electron chi connectivity index (χ2n) is 9.12. The summed E-state index contributed by atoms with van der Waals surface area (Å²) >= 11 is 0. The van der Waals surface area contributed by atoms with Crippen LogP contribution in [0.25, 0.3) is 33.9 Å². The predicted octanol–water partition coefficient (Wildman–Crippen LogP) is 4.55. The Kier molecular flexibility index (Phi) is 5.56. The standard InChI is InChI=1S/C28H26N6O3/c1-2-8-30-18(5-1)21-22(19-6-3-9-31-19)25(28-36-15-16-37-28)26(34-13-12-29-17-34)23(20-7-14-35-20)24(21)27-32-10-4-11-33-27/h1-6,8-11,15-16,20,28-29,31H,7,12-14,17H2. The molecule has 3 aliphatic rings. The number of pyridine rings is 1. The number of aromatic nitrogens is 4. The minimum Gasteiger partial charge on any atom is -0.455 e. The van der Waals surface area contributed by atoms with Crippen LogP contribution in [0.2, 0.25) is 0 Å². The molecule has 1 aromatic carbocycles. The molecule has 0 spiro atoms. The Labute approximate surface area is 214 Å². The molecule has 9 nitrogen and oxygen atoms in total. The van der Waals surface area contributed by atoms with E-state index in [4.69, 9.17) is 29.2 Å². The van der Waals surface area contributed by atoms with E-state index in [1.54, 1.807) is 24.9 Å². The fourth-order valence-corrected chi connectivity index (χ4v) is 5.39. The van der Waals surface area contributed by atoms with Gasteiger partial charge in [-0.25, -0.2) is 9.97 Å². The topological polar surface area (TPSA) is 97.4 Å². The summed E-state index contributed by atoms with van der Waals surface area (Å²) in [5, 5.41) is 3.49. The van der Waals surface area contributed by atoms with Crippen LogP contribution in [0.15, 0.2) is 73.7 Å². The normalized spacial score (nSPS) is 19.0. The first-order chi connectivity index (χ1) is 18.4. The fourth-order valence-electron chi connectivity index (χ4n) is 5.39. The first-order valence-electron chi connectivity index (χ1n) is 12.5. The zero-order valence-electron chi connectivity index (χ0n) is 20.1. The number of rotatable bonds is 6. The molecule has 0 bridgehead atoms. The van der Waals surface area contributed by atoms with E-state index in [0.717, 1.165) is 64.4 Å². The third-order valence-electron chi connectivity index (χ3n) is 7.02. The average molecular weight is 495 g/mol. The highest BCUT2D eigenvalue weighted by Crippen LogP contribution is 2.54. The molecular formula is C28H26N6O3. The summed E-state index contributed by atoms with van der Waals surface area (Å²) in [6, 6.07) is 11.8. The van der Waals surface area contributed by atoms with Crippen LogP contribution in [0.5, 0.6) is 0 Å². The van der Waals surface area contributed by atoms with Gasteiger partial charge in [0.1, 0.15) is 12.5 Å². The summed E-state index contributed by atoms with van der Waals surface area (Å²) in [5.41, 5.74) is 7.55. The number of H-pyrrole nitrogens is 1. The van der Waals surface area contributed by atoms with E-state index in [2.05, 4.69) is 21.3 Å². The van der Waals surface area contributed by atoms with Gasteiger partial charge in [-0.3, -0.25) is 10.3 Å². The van der Waals surface area contributed by atoms with Gasteiger partial charge >= 0.3 is 0 Å². The zero-order valence-corrected chi connectivity index (χ0v) is 20.1. The van der Waals surface area contributed by atoms with E-state index in [9.17, 15) is 0 Å². The maximum Gasteiger partial charge on any atom is 0.269 e. The first-order valence-corrected chi connectivity index (χ1v) is 12.5. The predicted molar refractivity (Wildman–Crippen MR) is 138 cm³/mol. The quantitative estimate of drug-likeness (QED) is 0.403. The second-order valence-corrected chi connectivity index (χ2v) is 9.12. The molecule has 2 saturated heterocycles. The highest BCUT2D eigenvalue weighted by Gasteiger charge is 2.40. The number of hydrogen-bond donors (Lipinski definition) is 2. The zero-order chi connectivity index (χ0) is 24.6. The van der Waals surface area contributed by atoms with Crippen LogP contribution in [0.1, 0.15) is 29.9 Å². The molecule has 0 radical (unpaired) electrons. The van der Waals surface area contributed by atoms with E-state index < -0.39 is 6.29 Å². The van der Waals surface area contributed by atoms with Gasteiger partial charge in [-0.15, -0.1) is 0 Å². The summed E-state index contributed by atoms with van der Waals surface area (Å²) < 4.78 is 18.3. The molecule has 1 unspecified atom stereocenters. The van der Waals surface area contributed by atoms with Crippen molar-refractivity contribution in [3.63, 3.8) is 0 Å². The maximum atomic E-state index is 6.19. The number of benzene rings is 1. The molecule has 37 heavy (non-hydrogen) atoms. The Balaban J connectivity index is 1.67. The Hall–Kier alpha value is -4.21. The van der Waals surface area contributed by atoms with Gasteiger partial charge in [-0.05, 0) is 30.3 Å². The van der Waals surface area contributed by atoms with E-state index in [-0.39, 0.29) is 6.10 Å². The number of nitrogens with one attached hydrogen (secondary N) is 2. The van der Waals surface area contributed by atoms with Crippen molar-refractivity contribution in [1.82, 2.24) is 25.3 Å². The number of ether oxygens (including phenoxy) is 3. The van der Waals surface area contributed by atoms with Crippen LogP contribution in [-0.2, 0) is 14.2 Å². The van der Waals surface area contributed by atoms with Crippen molar-refractivity contribution < 1.29 is 14.2 Å². The van der Waals surface area contributed by atoms with Crippen LogP contribution in [0.4, 0.5) is 5.69 Å². The van der Waals surface area contributed by atoms with Gasteiger partial charge in [0.15, 0.2) is 5.82 Å². The van der Waals surface area contributed by atoms with Crippen molar-refractivity contribution in [2.24, 2.45) is 0 Å². The number of hydrogen-bond acceptors (Lipinski definition) is 8.